The lowest BCUT2D eigenvalue weighted by molar-refractivity contribution is 0.103. The van der Waals surface area contributed by atoms with E-state index in [-0.39, 0.29) is 5.91 Å². The highest BCUT2D eigenvalue weighted by Crippen LogP contribution is 2.37. The number of methoxy groups -OCH3 is 2. The first-order chi connectivity index (χ1) is 13.5. The van der Waals surface area contributed by atoms with Crippen LogP contribution in [0.25, 0.3) is 10.2 Å². The predicted molar refractivity (Wildman–Crippen MR) is 113 cm³/mol. The minimum Gasteiger partial charge on any atom is -0.497 e. The van der Waals surface area contributed by atoms with E-state index in [4.69, 9.17) is 20.2 Å². The number of amides is 1. The van der Waals surface area contributed by atoms with Crippen molar-refractivity contribution in [2.24, 2.45) is 5.92 Å². The summed E-state index contributed by atoms with van der Waals surface area (Å²) in [7, 11) is 3.13. The van der Waals surface area contributed by atoms with Gasteiger partial charge in [0.25, 0.3) is 5.91 Å². The summed E-state index contributed by atoms with van der Waals surface area (Å²) in [6.07, 6.45) is 3.14. The molecule has 28 heavy (non-hydrogen) atoms. The van der Waals surface area contributed by atoms with E-state index in [1.807, 2.05) is 0 Å². The number of rotatable bonds is 4. The Morgan fingerprint density at radius 3 is 2.86 bits per heavy atom. The van der Waals surface area contributed by atoms with Crippen molar-refractivity contribution in [3.63, 3.8) is 0 Å². The molecule has 3 N–H and O–H groups in total. The molecule has 1 unspecified atom stereocenters. The SMILES string of the molecule is COc1ccc(OC)c(NC(=O)c2sc3nc4c(cc3c2N)CC(C)CC4)c1. The minimum absolute atomic E-state index is 0.279. The molecule has 7 heteroatoms. The van der Waals surface area contributed by atoms with Gasteiger partial charge in [-0.3, -0.25) is 4.79 Å². The molecule has 1 atom stereocenters. The molecule has 1 amide bonds. The maximum atomic E-state index is 12.9. The van der Waals surface area contributed by atoms with E-state index in [9.17, 15) is 4.79 Å². The van der Waals surface area contributed by atoms with E-state index in [2.05, 4.69) is 18.3 Å². The maximum Gasteiger partial charge on any atom is 0.268 e. The predicted octanol–water partition coefficient (Wildman–Crippen LogP) is 4.27. The first-order valence-corrected chi connectivity index (χ1v) is 10.1. The number of fused-ring (bicyclic) bond motifs is 2. The third-order valence-corrected chi connectivity index (χ3v) is 6.31. The van der Waals surface area contributed by atoms with Crippen LogP contribution in [0.3, 0.4) is 0 Å². The molecule has 0 aliphatic heterocycles. The smallest absolute Gasteiger partial charge is 0.268 e. The summed E-state index contributed by atoms with van der Waals surface area (Å²) >= 11 is 1.33. The van der Waals surface area contributed by atoms with Crippen LogP contribution in [0.5, 0.6) is 11.5 Å². The summed E-state index contributed by atoms with van der Waals surface area (Å²) in [5.41, 5.74) is 9.73. The van der Waals surface area contributed by atoms with Crippen molar-refractivity contribution in [1.82, 2.24) is 4.98 Å². The molecule has 0 saturated heterocycles. The highest BCUT2D eigenvalue weighted by atomic mass is 32.1. The Morgan fingerprint density at radius 1 is 1.29 bits per heavy atom. The third kappa shape index (κ3) is 3.26. The van der Waals surface area contributed by atoms with Crippen molar-refractivity contribution in [2.75, 3.05) is 25.3 Å². The number of aryl methyl sites for hydroxylation is 1. The number of hydrogen-bond donors (Lipinski definition) is 2. The second-order valence-corrected chi connectivity index (χ2v) is 8.16. The molecular weight excluding hydrogens is 374 g/mol. The number of pyridine rings is 1. The number of carbonyl (C=O) groups is 1. The summed E-state index contributed by atoms with van der Waals surface area (Å²) in [5.74, 6) is 1.55. The zero-order valence-corrected chi connectivity index (χ0v) is 17.0. The molecule has 0 radical (unpaired) electrons. The molecule has 1 aliphatic carbocycles. The monoisotopic (exact) mass is 397 g/mol. The summed E-state index contributed by atoms with van der Waals surface area (Å²) < 4.78 is 10.6. The molecule has 0 saturated carbocycles. The van der Waals surface area contributed by atoms with Gasteiger partial charge in [-0.25, -0.2) is 4.98 Å². The number of anilines is 2. The van der Waals surface area contributed by atoms with Gasteiger partial charge in [0.1, 0.15) is 21.2 Å². The van der Waals surface area contributed by atoms with E-state index in [1.165, 1.54) is 16.9 Å². The van der Waals surface area contributed by atoms with E-state index in [0.717, 1.165) is 35.2 Å². The van der Waals surface area contributed by atoms with Crippen molar-refractivity contribution in [3.8, 4) is 11.5 Å². The van der Waals surface area contributed by atoms with Gasteiger partial charge in [-0.15, -0.1) is 11.3 Å². The molecule has 2 heterocycles. The first kappa shape index (κ1) is 18.6. The number of carbonyl (C=O) groups excluding carboxylic acids is 1. The Morgan fingerprint density at radius 2 is 2.11 bits per heavy atom. The van der Waals surface area contributed by atoms with E-state index < -0.39 is 0 Å². The number of aromatic nitrogens is 1. The Labute approximate surface area is 167 Å². The Balaban J connectivity index is 1.69. The summed E-state index contributed by atoms with van der Waals surface area (Å²) in [5, 5.41) is 3.75. The Kier molecular flexibility index (Phi) is 4.85. The fraction of sp³-hybridized carbons (Fsp3) is 0.333. The average Bonchev–Trinajstić information content (AvgIpc) is 3.02. The van der Waals surface area contributed by atoms with Crippen LogP contribution >= 0.6 is 11.3 Å². The molecule has 0 fully saturated rings. The number of ether oxygens (including phenoxy) is 2. The Hall–Kier alpha value is -2.80. The number of thiophene rings is 1. The van der Waals surface area contributed by atoms with Crippen LogP contribution < -0.4 is 20.5 Å². The van der Waals surface area contributed by atoms with Gasteiger partial charge in [0.15, 0.2) is 0 Å². The fourth-order valence-corrected chi connectivity index (χ4v) is 4.62. The van der Waals surface area contributed by atoms with Gasteiger partial charge in [0, 0.05) is 17.1 Å². The molecule has 6 nitrogen and oxygen atoms in total. The van der Waals surface area contributed by atoms with Crippen molar-refractivity contribution >= 4 is 38.8 Å². The van der Waals surface area contributed by atoms with Gasteiger partial charge < -0.3 is 20.5 Å². The molecule has 0 bridgehead atoms. The van der Waals surface area contributed by atoms with Crippen LogP contribution in [0, 0.1) is 5.92 Å². The van der Waals surface area contributed by atoms with E-state index in [1.54, 1.807) is 32.4 Å². The molecule has 146 valence electrons. The standard InChI is InChI=1S/C21H23N3O3S/c1-11-4-6-15-12(8-11)9-14-18(22)19(28-21(14)24-15)20(25)23-16-10-13(26-2)5-7-17(16)27-3/h5,7,9-11H,4,6,8,22H2,1-3H3,(H,23,25). The topological polar surface area (TPSA) is 86.5 Å². The van der Waals surface area contributed by atoms with Gasteiger partial charge >= 0.3 is 0 Å². The quantitative estimate of drug-likeness (QED) is 0.686. The van der Waals surface area contributed by atoms with Gasteiger partial charge in [-0.1, -0.05) is 6.92 Å². The third-order valence-electron chi connectivity index (χ3n) is 5.19. The van der Waals surface area contributed by atoms with Crippen molar-refractivity contribution in [2.45, 2.75) is 26.2 Å². The lowest BCUT2D eigenvalue weighted by Crippen LogP contribution is -2.13. The first-order valence-electron chi connectivity index (χ1n) is 9.24. The number of nitrogens with one attached hydrogen (secondary N) is 1. The van der Waals surface area contributed by atoms with Crippen LogP contribution in [0.15, 0.2) is 24.3 Å². The fourth-order valence-electron chi connectivity index (χ4n) is 3.63. The Bertz CT molecular complexity index is 1060. The highest BCUT2D eigenvalue weighted by Gasteiger charge is 2.23. The average molecular weight is 398 g/mol. The number of nitrogen functional groups attached to an aromatic ring is 1. The largest absolute Gasteiger partial charge is 0.497 e. The molecular formula is C21H23N3O3S. The normalized spacial score (nSPS) is 15.9. The van der Waals surface area contributed by atoms with Gasteiger partial charge in [-0.2, -0.15) is 0 Å². The van der Waals surface area contributed by atoms with Crippen molar-refractivity contribution in [1.29, 1.82) is 0 Å². The van der Waals surface area contributed by atoms with Crippen molar-refractivity contribution in [3.05, 3.63) is 40.4 Å². The van der Waals surface area contributed by atoms with Crippen LogP contribution in [-0.4, -0.2) is 25.1 Å². The number of benzene rings is 1. The molecule has 0 spiro atoms. The maximum absolute atomic E-state index is 12.9. The number of nitrogens with two attached hydrogens (primary N) is 1. The second kappa shape index (κ2) is 7.31. The minimum atomic E-state index is -0.279. The number of hydrogen-bond acceptors (Lipinski definition) is 6. The van der Waals surface area contributed by atoms with Gasteiger partial charge in [0.05, 0.1) is 25.6 Å². The van der Waals surface area contributed by atoms with Crippen molar-refractivity contribution < 1.29 is 14.3 Å². The molecule has 1 aromatic carbocycles. The summed E-state index contributed by atoms with van der Waals surface area (Å²) in [6, 6.07) is 7.36. The molecule has 3 aromatic rings. The molecule has 4 rings (SSSR count). The summed E-state index contributed by atoms with van der Waals surface area (Å²) in [4.78, 5) is 19.0. The zero-order chi connectivity index (χ0) is 19.8. The lowest BCUT2D eigenvalue weighted by Gasteiger charge is -2.20. The number of nitrogens with zero attached hydrogens (tertiary/aromatic N) is 1. The van der Waals surface area contributed by atoms with E-state index in [0.29, 0.717) is 33.7 Å². The zero-order valence-electron chi connectivity index (χ0n) is 16.2. The van der Waals surface area contributed by atoms with E-state index >= 15 is 0 Å². The van der Waals surface area contributed by atoms with Crippen LogP contribution in [0.2, 0.25) is 0 Å². The lowest BCUT2D eigenvalue weighted by atomic mass is 9.87. The molecule has 1 aliphatic rings. The van der Waals surface area contributed by atoms with Crippen LogP contribution in [0.1, 0.15) is 34.3 Å². The summed E-state index contributed by atoms with van der Waals surface area (Å²) in [6.45, 7) is 2.25. The second-order valence-electron chi connectivity index (χ2n) is 7.16. The van der Waals surface area contributed by atoms with Gasteiger partial charge in [-0.05, 0) is 48.9 Å². The highest BCUT2D eigenvalue weighted by molar-refractivity contribution is 7.21. The van der Waals surface area contributed by atoms with Crippen LogP contribution in [-0.2, 0) is 12.8 Å². The molecule has 2 aromatic heterocycles. The van der Waals surface area contributed by atoms with Gasteiger partial charge in [0.2, 0.25) is 0 Å². The van der Waals surface area contributed by atoms with Crippen LogP contribution in [0.4, 0.5) is 11.4 Å².